The van der Waals surface area contributed by atoms with Gasteiger partial charge < -0.3 is 19.4 Å². The zero-order valence-corrected chi connectivity index (χ0v) is 21.6. The summed E-state index contributed by atoms with van der Waals surface area (Å²) in [5, 5.41) is 4.16. The number of aromatic nitrogens is 2. The van der Waals surface area contributed by atoms with Crippen LogP contribution in [0.25, 0.3) is 22.4 Å². The molecule has 0 aliphatic carbocycles. The number of piperidine rings is 1. The molecular formula is C30H34ClN3O2. The van der Waals surface area contributed by atoms with Crippen molar-refractivity contribution in [2.24, 2.45) is 0 Å². The fourth-order valence-corrected chi connectivity index (χ4v) is 4.81. The number of fused-ring (bicyclic) bond motifs is 1. The third-order valence-corrected chi connectivity index (χ3v) is 6.98. The summed E-state index contributed by atoms with van der Waals surface area (Å²) in [5.41, 5.74) is 4.44. The van der Waals surface area contributed by atoms with Crippen molar-refractivity contribution in [3.63, 3.8) is 0 Å². The Hall–Kier alpha value is -3.02. The van der Waals surface area contributed by atoms with Gasteiger partial charge in [-0.25, -0.2) is 4.98 Å². The molecule has 2 heterocycles. The first kappa shape index (κ1) is 24.7. The predicted octanol–water partition coefficient (Wildman–Crippen LogP) is 6.91. The van der Waals surface area contributed by atoms with Crippen molar-refractivity contribution in [3.8, 4) is 22.9 Å². The van der Waals surface area contributed by atoms with Crippen molar-refractivity contribution >= 4 is 22.6 Å². The number of rotatable bonds is 10. The van der Waals surface area contributed by atoms with Gasteiger partial charge in [0.15, 0.2) is 0 Å². The SMILES string of the molecule is CCCCn1c(-c2ccc(OCCc3ccc(Cl)cc3)cc2)nc2ccc(OC3CCNCC3)cc21. The number of unbranched alkanes of at least 4 members (excludes halogenated alkanes) is 1. The molecule has 1 aliphatic rings. The van der Waals surface area contributed by atoms with Crippen molar-refractivity contribution in [2.45, 2.75) is 51.7 Å². The highest BCUT2D eigenvalue weighted by Gasteiger charge is 2.17. The van der Waals surface area contributed by atoms with E-state index in [2.05, 4.69) is 47.1 Å². The molecule has 5 rings (SSSR count). The predicted molar refractivity (Wildman–Crippen MR) is 147 cm³/mol. The molecule has 1 saturated heterocycles. The van der Waals surface area contributed by atoms with E-state index in [-0.39, 0.29) is 6.10 Å². The number of imidazole rings is 1. The van der Waals surface area contributed by atoms with Gasteiger partial charge in [-0.3, -0.25) is 0 Å². The van der Waals surface area contributed by atoms with Gasteiger partial charge in [0.1, 0.15) is 23.4 Å². The van der Waals surface area contributed by atoms with E-state index in [9.17, 15) is 0 Å². The number of halogens is 1. The summed E-state index contributed by atoms with van der Waals surface area (Å²) < 4.78 is 14.7. The van der Waals surface area contributed by atoms with Crippen molar-refractivity contribution in [1.29, 1.82) is 0 Å². The topological polar surface area (TPSA) is 48.3 Å². The van der Waals surface area contributed by atoms with Crippen LogP contribution in [0.4, 0.5) is 0 Å². The van der Waals surface area contributed by atoms with E-state index in [1.807, 2.05) is 36.4 Å². The second-order valence-corrected chi connectivity index (χ2v) is 9.84. The van der Waals surface area contributed by atoms with Crippen LogP contribution in [0.5, 0.6) is 11.5 Å². The molecule has 1 aromatic heterocycles. The highest BCUT2D eigenvalue weighted by atomic mass is 35.5. The van der Waals surface area contributed by atoms with Crippen LogP contribution < -0.4 is 14.8 Å². The van der Waals surface area contributed by atoms with E-state index in [0.29, 0.717) is 6.61 Å². The Morgan fingerprint density at radius 1 is 0.972 bits per heavy atom. The number of benzene rings is 3. The normalized spacial score (nSPS) is 14.3. The van der Waals surface area contributed by atoms with Crippen molar-refractivity contribution in [1.82, 2.24) is 14.9 Å². The van der Waals surface area contributed by atoms with E-state index in [4.69, 9.17) is 26.1 Å². The first-order valence-corrected chi connectivity index (χ1v) is 13.4. The first-order valence-electron chi connectivity index (χ1n) is 13.0. The molecule has 0 saturated carbocycles. The van der Waals surface area contributed by atoms with Crippen LogP contribution in [-0.2, 0) is 13.0 Å². The Kier molecular flexibility index (Phi) is 8.09. The van der Waals surface area contributed by atoms with Gasteiger partial charge in [0.2, 0.25) is 0 Å². The van der Waals surface area contributed by atoms with Gasteiger partial charge in [-0.2, -0.15) is 0 Å². The molecule has 4 aromatic rings. The molecular weight excluding hydrogens is 470 g/mol. The summed E-state index contributed by atoms with van der Waals surface area (Å²) in [7, 11) is 0. The van der Waals surface area contributed by atoms with Gasteiger partial charge >= 0.3 is 0 Å². The minimum absolute atomic E-state index is 0.280. The van der Waals surface area contributed by atoms with Crippen LogP contribution in [0.3, 0.4) is 0 Å². The van der Waals surface area contributed by atoms with Crippen LogP contribution in [0, 0.1) is 0 Å². The smallest absolute Gasteiger partial charge is 0.141 e. The van der Waals surface area contributed by atoms with Crippen LogP contribution in [0.15, 0.2) is 66.7 Å². The van der Waals surface area contributed by atoms with Gasteiger partial charge in [0.25, 0.3) is 0 Å². The maximum atomic E-state index is 6.32. The van der Waals surface area contributed by atoms with Crippen molar-refractivity contribution in [2.75, 3.05) is 19.7 Å². The van der Waals surface area contributed by atoms with Crippen LogP contribution in [0.1, 0.15) is 38.2 Å². The number of hydrogen-bond acceptors (Lipinski definition) is 4. The Labute approximate surface area is 218 Å². The lowest BCUT2D eigenvalue weighted by Crippen LogP contribution is -2.34. The Bertz CT molecular complexity index is 1260. The minimum atomic E-state index is 0.280. The van der Waals surface area contributed by atoms with Gasteiger partial charge in [-0.15, -0.1) is 0 Å². The zero-order valence-electron chi connectivity index (χ0n) is 20.9. The molecule has 1 fully saturated rings. The van der Waals surface area contributed by atoms with Crippen LogP contribution >= 0.6 is 11.6 Å². The largest absolute Gasteiger partial charge is 0.493 e. The average molecular weight is 504 g/mol. The maximum Gasteiger partial charge on any atom is 0.141 e. The average Bonchev–Trinajstić information content (AvgIpc) is 3.27. The molecule has 0 bridgehead atoms. The number of nitrogens with zero attached hydrogens (tertiary/aromatic N) is 2. The molecule has 0 radical (unpaired) electrons. The van der Waals surface area contributed by atoms with E-state index in [1.165, 1.54) is 5.56 Å². The third kappa shape index (κ3) is 6.03. The second kappa shape index (κ2) is 11.8. The van der Waals surface area contributed by atoms with E-state index in [1.54, 1.807) is 0 Å². The lowest BCUT2D eigenvalue weighted by molar-refractivity contribution is 0.162. The monoisotopic (exact) mass is 503 g/mol. The Balaban J connectivity index is 1.32. The van der Waals surface area contributed by atoms with Gasteiger partial charge in [0, 0.05) is 29.6 Å². The minimum Gasteiger partial charge on any atom is -0.493 e. The molecule has 6 heteroatoms. The molecule has 0 unspecified atom stereocenters. The van der Waals surface area contributed by atoms with Crippen molar-refractivity contribution in [3.05, 3.63) is 77.3 Å². The zero-order chi connectivity index (χ0) is 24.7. The number of ether oxygens (including phenoxy) is 2. The van der Waals surface area contributed by atoms with Crippen LogP contribution in [-0.4, -0.2) is 35.4 Å². The van der Waals surface area contributed by atoms with E-state index >= 15 is 0 Å². The highest BCUT2D eigenvalue weighted by Crippen LogP contribution is 2.30. The molecule has 1 N–H and O–H groups in total. The molecule has 0 amide bonds. The number of nitrogens with one attached hydrogen (secondary N) is 1. The summed E-state index contributed by atoms with van der Waals surface area (Å²) in [6, 6.07) is 22.5. The third-order valence-electron chi connectivity index (χ3n) is 6.73. The fourth-order valence-electron chi connectivity index (χ4n) is 4.68. The quantitative estimate of drug-likeness (QED) is 0.255. The molecule has 0 spiro atoms. The molecule has 3 aromatic carbocycles. The van der Waals surface area contributed by atoms with Gasteiger partial charge in [0.05, 0.1) is 17.6 Å². The summed E-state index contributed by atoms with van der Waals surface area (Å²) in [6.45, 7) is 5.81. The lowest BCUT2D eigenvalue weighted by atomic mass is 10.1. The van der Waals surface area contributed by atoms with Crippen molar-refractivity contribution < 1.29 is 9.47 Å². The summed E-state index contributed by atoms with van der Waals surface area (Å²) in [5.74, 6) is 2.79. The standard InChI is InChI=1S/C30H34ClN3O2/c1-2-3-19-34-29-21-27(36-26-14-17-32-18-15-26)12-13-28(29)33-30(34)23-6-10-25(11-7-23)35-20-16-22-4-8-24(31)9-5-22/h4-13,21,26,32H,2-3,14-20H2,1H3. The first-order chi connectivity index (χ1) is 17.7. The fraction of sp³-hybridized carbons (Fsp3) is 0.367. The summed E-state index contributed by atoms with van der Waals surface area (Å²) in [4.78, 5) is 5.01. The lowest BCUT2D eigenvalue weighted by Gasteiger charge is -2.23. The molecule has 5 nitrogen and oxygen atoms in total. The number of aryl methyl sites for hydroxylation is 1. The van der Waals surface area contributed by atoms with Gasteiger partial charge in [-0.05, 0) is 86.4 Å². The van der Waals surface area contributed by atoms with Gasteiger partial charge in [-0.1, -0.05) is 37.1 Å². The molecule has 188 valence electrons. The Morgan fingerprint density at radius 3 is 2.47 bits per heavy atom. The molecule has 0 atom stereocenters. The van der Waals surface area contributed by atoms with Crippen LogP contribution in [0.2, 0.25) is 5.02 Å². The van der Waals surface area contributed by atoms with E-state index < -0.39 is 0 Å². The highest BCUT2D eigenvalue weighted by molar-refractivity contribution is 6.30. The Morgan fingerprint density at radius 2 is 1.72 bits per heavy atom. The summed E-state index contributed by atoms with van der Waals surface area (Å²) in [6.07, 6.45) is 5.45. The molecule has 36 heavy (non-hydrogen) atoms. The molecule has 1 aliphatic heterocycles. The number of hydrogen-bond donors (Lipinski definition) is 1. The summed E-state index contributed by atoms with van der Waals surface area (Å²) >= 11 is 5.97. The van der Waals surface area contributed by atoms with E-state index in [0.717, 1.165) is 90.7 Å². The maximum absolute atomic E-state index is 6.32. The second-order valence-electron chi connectivity index (χ2n) is 9.41.